The van der Waals surface area contributed by atoms with Gasteiger partial charge in [0.1, 0.15) is 11.4 Å². The Hall–Kier alpha value is -2.61. The minimum absolute atomic E-state index is 0.103. The third-order valence-electron chi connectivity index (χ3n) is 4.16. The van der Waals surface area contributed by atoms with Crippen molar-refractivity contribution in [3.05, 3.63) is 65.8 Å². The highest BCUT2D eigenvalue weighted by Gasteiger charge is 2.32. The molecule has 0 atom stereocenters. The average Bonchev–Trinajstić information content (AvgIpc) is 2.67. The normalized spacial score (nSPS) is 12.9. The number of nitrogens with zero attached hydrogens (tertiary/aromatic N) is 2. The van der Waals surface area contributed by atoms with Crippen molar-refractivity contribution in [1.82, 2.24) is 4.98 Å². The van der Waals surface area contributed by atoms with Gasteiger partial charge in [0.25, 0.3) is 10.1 Å². The molecule has 0 aliphatic carbocycles. The number of aromatic nitrogens is 1. The highest BCUT2D eigenvalue weighted by Crippen LogP contribution is 2.51. The summed E-state index contributed by atoms with van der Waals surface area (Å²) in [6.45, 7) is 1.78. The SMILES string of the molecule is CCCS(=O)(=O)ON1c2ccccc2Oc2cccc(-c3ncccc3Cl)c21. The Bertz CT molecular complexity index is 1130. The van der Waals surface area contributed by atoms with Gasteiger partial charge in [-0.2, -0.15) is 13.5 Å². The zero-order valence-electron chi connectivity index (χ0n) is 15.0. The molecule has 0 spiro atoms. The number of pyridine rings is 1. The number of anilines is 2. The predicted octanol–water partition coefficient (Wildman–Crippen LogP) is 5.32. The summed E-state index contributed by atoms with van der Waals surface area (Å²) >= 11 is 6.35. The molecule has 0 bridgehead atoms. The third kappa shape index (κ3) is 3.44. The van der Waals surface area contributed by atoms with Gasteiger partial charge >= 0.3 is 0 Å². The Kier molecular flexibility index (Phi) is 4.97. The molecule has 0 saturated carbocycles. The zero-order chi connectivity index (χ0) is 19.7. The van der Waals surface area contributed by atoms with E-state index >= 15 is 0 Å². The number of benzene rings is 2. The molecule has 0 amide bonds. The Labute approximate surface area is 168 Å². The summed E-state index contributed by atoms with van der Waals surface area (Å²) in [4.78, 5) is 4.36. The first-order valence-corrected chi connectivity index (χ1v) is 10.7. The standard InChI is InChI=1S/C20H17ClN2O4S/c1-2-13-28(24,25)27-23-16-9-3-4-10-17(16)26-18-11-5-7-14(20(18)23)19-15(21)8-6-12-22-19/h3-12H,2,13H2,1H3. The van der Waals surface area contributed by atoms with Crippen LogP contribution in [0.15, 0.2) is 60.8 Å². The maximum atomic E-state index is 12.5. The molecule has 4 rings (SSSR count). The van der Waals surface area contributed by atoms with Crippen molar-refractivity contribution in [3.63, 3.8) is 0 Å². The largest absolute Gasteiger partial charge is 0.453 e. The number of hydrogen-bond acceptors (Lipinski definition) is 6. The van der Waals surface area contributed by atoms with Crippen molar-refractivity contribution in [2.24, 2.45) is 0 Å². The second-order valence-electron chi connectivity index (χ2n) is 6.19. The molecule has 1 aliphatic heterocycles. The van der Waals surface area contributed by atoms with Crippen LogP contribution in [0.25, 0.3) is 11.3 Å². The molecule has 0 N–H and O–H groups in total. The number of hydrogen-bond donors (Lipinski definition) is 0. The molecule has 144 valence electrons. The lowest BCUT2D eigenvalue weighted by Crippen LogP contribution is -2.27. The van der Waals surface area contributed by atoms with Gasteiger partial charge in [0.15, 0.2) is 11.5 Å². The monoisotopic (exact) mass is 416 g/mol. The van der Waals surface area contributed by atoms with Gasteiger partial charge < -0.3 is 4.74 Å². The molecule has 0 saturated heterocycles. The third-order valence-corrected chi connectivity index (χ3v) is 5.75. The van der Waals surface area contributed by atoms with Crippen LogP contribution < -0.4 is 9.80 Å². The molecule has 1 aliphatic rings. The lowest BCUT2D eigenvalue weighted by atomic mass is 10.1. The Morgan fingerprint density at radius 2 is 1.86 bits per heavy atom. The molecule has 0 radical (unpaired) electrons. The van der Waals surface area contributed by atoms with Gasteiger partial charge in [-0.3, -0.25) is 4.98 Å². The van der Waals surface area contributed by atoms with E-state index in [0.717, 1.165) is 0 Å². The summed E-state index contributed by atoms with van der Waals surface area (Å²) < 4.78 is 36.5. The van der Waals surface area contributed by atoms with Crippen LogP contribution in [-0.2, 0) is 14.4 Å². The first-order chi connectivity index (χ1) is 13.5. The Morgan fingerprint density at radius 3 is 2.64 bits per heavy atom. The van der Waals surface area contributed by atoms with Crippen LogP contribution in [0.4, 0.5) is 11.4 Å². The number of fused-ring (bicyclic) bond motifs is 2. The van der Waals surface area contributed by atoms with Crippen molar-refractivity contribution < 1.29 is 17.4 Å². The van der Waals surface area contributed by atoms with E-state index in [4.69, 9.17) is 20.6 Å². The van der Waals surface area contributed by atoms with Crippen LogP contribution in [0.1, 0.15) is 13.3 Å². The van der Waals surface area contributed by atoms with E-state index in [9.17, 15) is 8.42 Å². The molecule has 28 heavy (non-hydrogen) atoms. The summed E-state index contributed by atoms with van der Waals surface area (Å²) in [7, 11) is -3.81. The predicted molar refractivity (Wildman–Crippen MR) is 109 cm³/mol. The van der Waals surface area contributed by atoms with Gasteiger partial charge in [0, 0.05) is 11.8 Å². The maximum Gasteiger partial charge on any atom is 0.288 e. The van der Waals surface area contributed by atoms with Gasteiger partial charge in [0.2, 0.25) is 0 Å². The van der Waals surface area contributed by atoms with E-state index in [2.05, 4.69) is 4.98 Å². The maximum absolute atomic E-state index is 12.5. The smallest absolute Gasteiger partial charge is 0.288 e. The van der Waals surface area contributed by atoms with Crippen LogP contribution in [0.5, 0.6) is 11.5 Å². The van der Waals surface area contributed by atoms with Crippen LogP contribution in [-0.4, -0.2) is 19.2 Å². The van der Waals surface area contributed by atoms with Crippen molar-refractivity contribution >= 4 is 33.1 Å². The van der Waals surface area contributed by atoms with Gasteiger partial charge in [-0.25, -0.2) is 0 Å². The fraction of sp³-hybridized carbons (Fsp3) is 0.150. The Balaban J connectivity index is 1.93. The van der Waals surface area contributed by atoms with Crippen molar-refractivity contribution in [2.45, 2.75) is 13.3 Å². The van der Waals surface area contributed by atoms with E-state index < -0.39 is 10.1 Å². The number of halogens is 1. The van der Waals surface area contributed by atoms with Gasteiger partial charge in [-0.05, 0) is 36.8 Å². The van der Waals surface area contributed by atoms with Gasteiger partial charge in [-0.1, -0.05) is 42.8 Å². The minimum Gasteiger partial charge on any atom is -0.453 e. The summed E-state index contributed by atoms with van der Waals surface area (Å²) in [5.41, 5.74) is 2.02. The summed E-state index contributed by atoms with van der Waals surface area (Å²) in [5, 5.41) is 1.73. The summed E-state index contributed by atoms with van der Waals surface area (Å²) in [6.07, 6.45) is 2.06. The fourth-order valence-electron chi connectivity index (χ4n) is 3.02. The lowest BCUT2D eigenvalue weighted by Gasteiger charge is -2.32. The van der Waals surface area contributed by atoms with E-state index in [1.54, 1.807) is 61.7 Å². The molecule has 2 heterocycles. The quantitative estimate of drug-likeness (QED) is 0.560. The van der Waals surface area contributed by atoms with E-state index in [0.29, 0.717) is 45.6 Å². The van der Waals surface area contributed by atoms with Crippen LogP contribution in [0, 0.1) is 0 Å². The van der Waals surface area contributed by atoms with Crippen molar-refractivity contribution in [2.75, 3.05) is 10.8 Å². The molecule has 0 fully saturated rings. The number of ether oxygens (including phenoxy) is 1. The fourth-order valence-corrected chi connectivity index (χ4v) is 4.20. The van der Waals surface area contributed by atoms with E-state index in [1.165, 1.54) is 5.06 Å². The number of para-hydroxylation sites is 3. The second kappa shape index (κ2) is 7.43. The van der Waals surface area contributed by atoms with Crippen molar-refractivity contribution in [1.29, 1.82) is 0 Å². The van der Waals surface area contributed by atoms with E-state index in [1.807, 2.05) is 6.07 Å². The zero-order valence-corrected chi connectivity index (χ0v) is 16.6. The van der Waals surface area contributed by atoms with Crippen LogP contribution in [0.2, 0.25) is 5.02 Å². The highest BCUT2D eigenvalue weighted by molar-refractivity contribution is 7.86. The van der Waals surface area contributed by atoms with Gasteiger partial charge in [-0.15, -0.1) is 4.28 Å². The molecule has 8 heteroatoms. The Morgan fingerprint density at radius 1 is 1.07 bits per heavy atom. The lowest BCUT2D eigenvalue weighted by molar-refractivity contribution is 0.308. The highest BCUT2D eigenvalue weighted by atomic mass is 35.5. The minimum atomic E-state index is -3.81. The summed E-state index contributed by atoms with van der Waals surface area (Å²) in [6, 6.07) is 15.9. The van der Waals surface area contributed by atoms with Crippen LogP contribution >= 0.6 is 11.6 Å². The molecule has 3 aromatic rings. The molecular formula is C20H17ClN2O4S. The molecular weight excluding hydrogens is 400 g/mol. The molecule has 6 nitrogen and oxygen atoms in total. The molecule has 0 unspecified atom stereocenters. The van der Waals surface area contributed by atoms with E-state index in [-0.39, 0.29) is 5.75 Å². The summed E-state index contributed by atoms with van der Waals surface area (Å²) in [5.74, 6) is 0.838. The average molecular weight is 417 g/mol. The number of rotatable bonds is 5. The second-order valence-corrected chi connectivity index (χ2v) is 8.27. The first-order valence-electron chi connectivity index (χ1n) is 8.73. The van der Waals surface area contributed by atoms with Gasteiger partial charge in [0.05, 0.1) is 16.5 Å². The van der Waals surface area contributed by atoms with Crippen LogP contribution in [0.3, 0.4) is 0 Å². The molecule has 1 aromatic heterocycles. The topological polar surface area (TPSA) is 68.7 Å². The van der Waals surface area contributed by atoms with Crippen molar-refractivity contribution in [3.8, 4) is 22.8 Å². The first kappa shape index (κ1) is 18.7. The molecule has 2 aromatic carbocycles.